The first-order chi connectivity index (χ1) is 19.9. The maximum absolute atomic E-state index is 13.6. The van der Waals surface area contributed by atoms with Gasteiger partial charge < -0.3 is 24.8 Å². The van der Waals surface area contributed by atoms with Crippen LogP contribution in [-0.4, -0.2) is 79.5 Å². The Morgan fingerprint density at radius 2 is 1.78 bits per heavy atom. The normalized spacial score (nSPS) is 19.0. The lowest BCUT2D eigenvalue weighted by Crippen LogP contribution is -2.49. The number of nitrogens with zero attached hydrogens (tertiary/aromatic N) is 5. The van der Waals surface area contributed by atoms with Gasteiger partial charge in [0.15, 0.2) is 0 Å². The van der Waals surface area contributed by atoms with Crippen molar-refractivity contribution >= 4 is 40.4 Å². The van der Waals surface area contributed by atoms with Crippen molar-refractivity contribution in [1.82, 2.24) is 14.8 Å². The third-order valence-corrected chi connectivity index (χ3v) is 8.52. The number of carbonyl (C=O) groups excluding carboxylic acids is 2. The number of carbonyl (C=O) groups is 2. The molecule has 3 aromatic rings. The molecule has 2 amide bonds. The number of hydrogen-bond acceptors (Lipinski definition) is 7. The van der Waals surface area contributed by atoms with E-state index >= 15 is 0 Å². The average Bonchev–Trinajstić information content (AvgIpc) is 3.54. The number of aromatic nitrogens is 1. The first kappa shape index (κ1) is 27.1. The van der Waals surface area contributed by atoms with Gasteiger partial charge in [0, 0.05) is 44.9 Å². The number of benzene rings is 2. The van der Waals surface area contributed by atoms with Gasteiger partial charge in [0.1, 0.15) is 11.6 Å². The topological polar surface area (TPSA) is 81.2 Å². The molecule has 1 N–H and O–H groups in total. The van der Waals surface area contributed by atoms with E-state index in [-0.39, 0.29) is 11.8 Å². The van der Waals surface area contributed by atoms with Crippen molar-refractivity contribution in [2.45, 2.75) is 38.6 Å². The second-order valence-electron chi connectivity index (χ2n) is 11.1. The lowest BCUT2D eigenvalue weighted by molar-refractivity contribution is 0.0607. The first-order valence-corrected chi connectivity index (χ1v) is 14.6. The van der Waals surface area contributed by atoms with Crippen molar-refractivity contribution in [3.63, 3.8) is 0 Å². The summed E-state index contributed by atoms with van der Waals surface area (Å²) in [6, 6.07) is 15.6. The molecule has 6 rings (SSSR count). The zero-order chi connectivity index (χ0) is 28.5. The summed E-state index contributed by atoms with van der Waals surface area (Å²) in [6.45, 7) is 6.27. The van der Waals surface area contributed by atoms with Crippen LogP contribution in [0, 0.1) is 0 Å². The van der Waals surface area contributed by atoms with Crippen LogP contribution in [0.2, 0.25) is 0 Å². The van der Waals surface area contributed by atoms with Crippen LogP contribution in [0.5, 0.6) is 5.75 Å². The molecule has 41 heavy (non-hydrogen) atoms. The summed E-state index contributed by atoms with van der Waals surface area (Å²) in [5.74, 6) is 1.19. The van der Waals surface area contributed by atoms with Crippen LogP contribution >= 0.6 is 0 Å². The smallest absolute Gasteiger partial charge is 0.260 e. The Kier molecular flexibility index (Phi) is 7.53. The van der Waals surface area contributed by atoms with E-state index in [0.717, 1.165) is 61.8 Å². The lowest BCUT2D eigenvalue weighted by atomic mass is 10.0. The van der Waals surface area contributed by atoms with Crippen molar-refractivity contribution in [1.29, 1.82) is 0 Å². The Bertz CT molecular complexity index is 1450. The summed E-state index contributed by atoms with van der Waals surface area (Å²) in [4.78, 5) is 39.5. The molecule has 2 fully saturated rings. The molecule has 0 saturated carbocycles. The van der Waals surface area contributed by atoms with E-state index in [1.54, 1.807) is 18.1 Å². The Hall–Kier alpha value is -4.11. The van der Waals surface area contributed by atoms with Crippen molar-refractivity contribution in [3.05, 3.63) is 65.9 Å². The van der Waals surface area contributed by atoms with Crippen LogP contribution in [0.1, 0.15) is 53.3 Å². The molecule has 0 bridgehead atoms. The number of nitrogens with one attached hydrogen (secondary N) is 1. The number of para-hydroxylation sites is 1. The first-order valence-electron chi connectivity index (χ1n) is 14.6. The van der Waals surface area contributed by atoms with Gasteiger partial charge in [-0.25, -0.2) is 4.98 Å². The number of ether oxygens (including phenoxy) is 1. The average molecular weight is 555 g/mol. The van der Waals surface area contributed by atoms with Gasteiger partial charge in [0.2, 0.25) is 0 Å². The highest BCUT2D eigenvalue weighted by molar-refractivity contribution is 6.13. The summed E-state index contributed by atoms with van der Waals surface area (Å²) in [5.41, 5.74) is 4.41. The number of anilines is 5. The number of amides is 2. The Morgan fingerprint density at radius 1 is 0.976 bits per heavy atom. The summed E-state index contributed by atoms with van der Waals surface area (Å²) in [5, 5.41) is 3.39. The van der Waals surface area contributed by atoms with E-state index in [4.69, 9.17) is 4.74 Å². The molecule has 3 aliphatic rings. The van der Waals surface area contributed by atoms with Crippen LogP contribution < -0.4 is 19.9 Å². The van der Waals surface area contributed by atoms with Crippen molar-refractivity contribution in [2.75, 3.05) is 62.0 Å². The molecule has 2 aromatic carbocycles. The van der Waals surface area contributed by atoms with Gasteiger partial charge in [-0.05, 0) is 76.0 Å². The molecule has 0 unspecified atom stereocenters. The number of piperidine rings is 1. The Labute approximate surface area is 241 Å². The Balaban J connectivity index is 1.25. The van der Waals surface area contributed by atoms with Crippen molar-refractivity contribution in [2.24, 2.45) is 0 Å². The highest BCUT2D eigenvalue weighted by atomic mass is 16.5. The molecule has 0 radical (unpaired) electrons. The van der Waals surface area contributed by atoms with Crippen LogP contribution in [0.3, 0.4) is 0 Å². The minimum absolute atomic E-state index is 0.0533. The SMILES string of the molecule is CCOc1cc(C(=O)N2CCC[C@H](N3CCCC3)C2)ccc1Nc1cc2c(cn1)N(C)C(=O)c1ccccc1N2C. The standard InChI is InChI=1S/C32H38N6O3/c1-4-41-29-18-22(31(39)38-17-9-10-23(21-38)37-15-7-8-16-37)13-14-25(29)34-30-19-27-28(20-33-30)36(3)32(40)24-11-5-6-12-26(24)35(27)2/h5-6,11-14,18-20,23H,4,7-10,15-17,21H2,1-3H3,(H,33,34)/t23-/m0/s1. The molecule has 0 spiro atoms. The van der Waals surface area contributed by atoms with Crippen LogP contribution in [-0.2, 0) is 0 Å². The maximum atomic E-state index is 13.6. The molecule has 1 atom stereocenters. The summed E-state index contributed by atoms with van der Waals surface area (Å²) >= 11 is 0. The number of likely N-dealkylation sites (tertiary alicyclic amines) is 2. The molecule has 1 aromatic heterocycles. The molecule has 4 heterocycles. The van der Waals surface area contributed by atoms with Crippen molar-refractivity contribution in [3.8, 4) is 5.75 Å². The van der Waals surface area contributed by atoms with E-state index in [0.29, 0.717) is 35.3 Å². The predicted octanol–water partition coefficient (Wildman–Crippen LogP) is 5.28. The van der Waals surface area contributed by atoms with Gasteiger partial charge >= 0.3 is 0 Å². The molecule has 214 valence electrons. The number of hydrogen-bond donors (Lipinski definition) is 1. The van der Waals surface area contributed by atoms with Crippen LogP contribution in [0.25, 0.3) is 0 Å². The minimum Gasteiger partial charge on any atom is -0.492 e. The zero-order valence-corrected chi connectivity index (χ0v) is 24.1. The van der Waals surface area contributed by atoms with E-state index in [2.05, 4.69) is 15.2 Å². The van der Waals surface area contributed by atoms with Gasteiger partial charge in [-0.15, -0.1) is 0 Å². The number of rotatable bonds is 6. The van der Waals surface area contributed by atoms with E-state index < -0.39 is 0 Å². The Morgan fingerprint density at radius 3 is 2.59 bits per heavy atom. The van der Waals surface area contributed by atoms with E-state index in [1.807, 2.05) is 72.3 Å². The third kappa shape index (κ3) is 5.22. The van der Waals surface area contributed by atoms with Gasteiger partial charge in [0.05, 0.1) is 41.1 Å². The summed E-state index contributed by atoms with van der Waals surface area (Å²) in [6.07, 6.45) is 6.43. The van der Waals surface area contributed by atoms with E-state index in [1.165, 1.54) is 12.8 Å². The molecular formula is C32H38N6O3. The number of pyridine rings is 1. The highest BCUT2D eigenvalue weighted by Crippen LogP contribution is 2.40. The van der Waals surface area contributed by atoms with Gasteiger partial charge in [-0.1, -0.05) is 12.1 Å². The minimum atomic E-state index is -0.0759. The number of fused-ring (bicyclic) bond motifs is 2. The van der Waals surface area contributed by atoms with Gasteiger partial charge in [-0.3, -0.25) is 14.5 Å². The molecule has 3 aliphatic heterocycles. The predicted molar refractivity (Wildman–Crippen MR) is 162 cm³/mol. The molecule has 9 nitrogen and oxygen atoms in total. The van der Waals surface area contributed by atoms with E-state index in [9.17, 15) is 9.59 Å². The van der Waals surface area contributed by atoms with Crippen LogP contribution in [0.15, 0.2) is 54.7 Å². The van der Waals surface area contributed by atoms with Crippen LogP contribution in [0.4, 0.5) is 28.6 Å². The fourth-order valence-electron chi connectivity index (χ4n) is 6.30. The second kappa shape index (κ2) is 11.4. The molecule has 9 heteroatoms. The monoisotopic (exact) mass is 554 g/mol. The molecule has 0 aliphatic carbocycles. The van der Waals surface area contributed by atoms with Gasteiger partial charge in [0.25, 0.3) is 11.8 Å². The maximum Gasteiger partial charge on any atom is 0.260 e. The summed E-state index contributed by atoms with van der Waals surface area (Å²) < 4.78 is 5.99. The third-order valence-electron chi connectivity index (χ3n) is 8.52. The fraction of sp³-hybridized carbons (Fsp3) is 0.406. The lowest BCUT2D eigenvalue weighted by Gasteiger charge is -2.37. The summed E-state index contributed by atoms with van der Waals surface area (Å²) in [7, 11) is 3.72. The fourth-order valence-corrected chi connectivity index (χ4v) is 6.30. The molecular weight excluding hydrogens is 516 g/mol. The molecule has 2 saturated heterocycles. The zero-order valence-electron chi connectivity index (χ0n) is 24.1. The van der Waals surface area contributed by atoms with Crippen molar-refractivity contribution < 1.29 is 14.3 Å². The van der Waals surface area contributed by atoms with Gasteiger partial charge in [-0.2, -0.15) is 0 Å². The largest absolute Gasteiger partial charge is 0.492 e. The highest BCUT2D eigenvalue weighted by Gasteiger charge is 2.30. The second-order valence-corrected chi connectivity index (χ2v) is 11.1. The quantitative estimate of drug-likeness (QED) is 0.444.